The number of carbonyl (C=O) groups is 2. The number of aromatic nitrogens is 3. The van der Waals surface area contributed by atoms with Gasteiger partial charge in [-0.05, 0) is 45.4 Å². The monoisotopic (exact) mass is 452 g/mol. The van der Waals surface area contributed by atoms with Gasteiger partial charge in [0.25, 0.3) is 5.91 Å². The summed E-state index contributed by atoms with van der Waals surface area (Å²) in [5.41, 5.74) is 4.41. The number of hydrogen-bond acceptors (Lipinski definition) is 6. The zero-order valence-electron chi connectivity index (χ0n) is 18.2. The van der Waals surface area contributed by atoms with E-state index in [0.717, 1.165) is 27.7 Å². The molecule has 1 N–H and O–H groups in total. The summed E-state index contributed by atoms with van der Waals surface area (Å²) in [5, 5.41) is 11.9. The molecule has 3 aromatic rings. The Bertz CT molecular complexity index is 1140. The summed E-state index contributed by atoms with van der Waals surface area (Å²) in [6.07, 6.45) is -5.08. The van der Waals surface area contributed by atoms with Gasteiger partial charge in [0, 0.05) is 24.5 Å². The first-order valence-electron chi connectivity index (χ1n) is 9.61. The van der Waals surface area contributed by atoms with Crippen LogP contribution in [0.15, 0.2) is 22.7 Å². The number of alkyl halides is 3. The fourth-order valence-corrected chi connectivity index (χ4v) is 2.93. The molecule has 11 heteroatoms. The van der Waals surface area contributed by atoms with E-state index in [0.29, 0.717) is 30.4 Å². The summed E-state index contributed by atoms with van der Waals surface area (Å²) in [6, 6.07) is 6.00. The molecule has 2 heterocycles. The van der Waals surface area contributed by atoms with Crippen LogP contribution < -0.4 is 0 Å². The van der Waals surface area contributed by atoms with Crippen LogP contribution in [-0.2, 0) is 11.3 Å². The molecule has 3 rings (SSSR count). The fourth-order valence-electron chi connectivity index (χ4n) is 2.93. The van der Waals surface area contributed by atoms with Crippen LogP contribution in [-0.4, -0.2) is 49.7 Å². The summed E-state index contributed by atoms with van der Waals surface area (Å²) in [4.78, 5) is 32.8. The highest BCUT2D eigenvalue weighted by Gasteiger charge is 2.38. The second-order valence-corrected chi connectivity index (χ2v) is 7.07. The van der Waals surface area contributed by atoms with Crippen molar-refractivity contribution in [2.75, 3.05) is 6.54 Å². The molecule has 1 amide bonds. The Labute approximate surface area is 182 Å². The molecule has 0 unspecified atom stereocenters. The summed E-state index contributed by atoms with van der Waals surface area (Å²) >= 11 is 0. The first-order chi connectivity index (χ1) is 14.8. The standard InChI is InChI=1S/C19H22N4O2.C2HF3O2/c1-6-23(10-17-21-14(5)25-22-17)19(24)18-12(3)13(4)20-16-8-7-11(2)9-15(16)18;3-2(4,5)1(6)7/h7-9H,6,10H2,1-5H3;(H,6,7). The van der Waals surface area contributed by atoms with Crippen LogP contribution in [0.1, 0.15) is 45.8 Å². The van der Waals surface area contributed by atoms with Crippen molar-refractivity contribution in [3.63, 3.8) is 0 Å². The topological polar surface area (TPSA) is 109 Å². The Kier molecular flexibility index (Phi) is 7.55. The predicted molar refractivity (Wildman–Crippen MR) is 109 cm³/mol. The van der Waals surface area contributed by atoms with E-state index in [2.05, 4.69) is 15.1 Å². The molecule has 0 bridgehead atoms. The van der Waals surface area contributed by atoms with Gasteiger partial charge in [-0.2, -0.15) is 18.2 Å². The molecule has 1 aromatic carbocycles. The van der Waals surface area contributed by atoms with Gasteiger partial charge in [0.1, 0.15) is 0 Å². The minimum absolute atomic E-state index is 0.0384. The van der Waals surface area contributed by atoms with Gasteiger partial charge in [0.2, 0.25) is 5.89 Å². The maximum Gasteiger partial charge on any atom is 0.490 e. The molecule has 0 aliphatic rings. The van der Waals surface area contributed by atoms with Crippen molar-refractivity contribution in [2.24, 2.45) is 0 Å². The Balaban J connectivity index is 0.000000451. The van der Waals surface area contributed by atoms with Gasteiger partial charge in [-0.25, -0.2) is 4.79 Å². The van der Waals surface area contributed by atoms with Crippen LogP contribution in [0.5, 0.6) is 0 Å². The van der Waals surface area contributed by atoms with Crippen molar-refractivity contribution >= 4 is 22.8 Å². The first-order valence-corrected chi connectivity index (χ1v) is 9.61. The van der Waals surface area contributed by atoms with Crippen LogP contribution >= 0.6 is 0 Å². The number of rotatable bonds is 4. The highest BCUT2D eigenvalue weighted by molar-refractivity contribution is 6.07. The number of hydrogen-bond donors (Lipinski definition) is 1. The van der Waals surface area contributed by atoms with Crippen molar-refractivity contribution in [1.29, 1.82) is 0 Å². The lowest BCUT2D eigenvalue weighted by Gasteiger charge is -2.22. The van der Waals surface area contributed by atoms with Crippen LogP contribution in [0.2, 0.25) is 0 Å². The van der Waals surface area contributed by atoms with Crippen LogP contribution in [0.4, 0.5) is 13.2 Å². The van der Waals surface area contributed by atoms with E-state index in [9.17, 15) is 18.0 Å². The van der Waals surface area contributed by atoms with Gasteiger partial charge in [0.05, 0.1) is 17.6 Å². The molecule has 0 atom stereocenters. The zero-order valence-corrected chi connectivity index (χ0v) is 18.2. The smallest absolute Gasteiger partial charge is 0.475 e. The number of aliphatic carboxylic acids is 1. The lowest BCUT2D eigenvalue weighted by atomic mass is 9.99. The van der Waals surface area contributed by atoms with Crippen molar-refractivity contribution in [1.82, 2.24) is 20.0 Å². The van der Waals surface area contributed by atoms with E-state index in [1.807, 2.05) is 45.9 Å². The number of fused-ring (bicyclic) bond motifs is 1. The van der Waals surface area contributed by atoms with Gasteiger partial charge in [0.15, 0.2) is 5.82 Å². The van der Waals surface area contributed by atoms with Crippen molar-refractivity contribution in [3.8, 4) is 0 Å². The van der Waals surface area contributed by atoms with Gasteiger partial charge >= 0.3 is 12.1 Å². The molecule has 2 aromatic heterocycles. The Morgan fingerprint density at radius 1 is 1.12 bits per heavy atom. The molecule has 0 spiro atoms. The van der Waals surface area contributed by atoms with E-state index in [1.54, 1.807) is 11.8 Å². The Morgan fingerprint density at radius 2 is 1.75 bits per heavy atom. The average Bonchev–Trinajstić information content (AvgIpc) is 3.11. The molecule has 0 saturated heterocycles. The molecule has 0 radical (unpaired) electrons. The fraction of sp³-hybridized carbons (Fsp3) is 0.381. The number of halogens is 3. The summed E-state index contributed by atoms with van der Waals surface area (Å²) in [7, 11) is 0. The van der Waals surface area contributed by atoms with Crippen LogP contribution in [0, 0.1) is 27.7 Å². The van der Waals surface area contributed by atoms with E-state index in [-0.39, 0.29) is 5.91 Å². The molecule has 32 heavy (non-hydrogen) atoms. The molecule has 0 aliphatic heterocycles. The number of amides is 1. The van der Waals surface area contributed by atoms with Gasteiger partial charge in [-0.15, -0.1) is 0 Å². The minimum Gasteiger partial charge on any atom is -0.475 e. The Morgan fingerprint density at radius 3 is 2.25 bits per heavy atom. The quantitative estimate of drug-likeness (QED) is 0.633. The molecule has 172 valence electrons. The largest absolute Gasteiger partial charge is 0.490 e. The number of aryl methyl sites for hydroxylation is 3. The second-order valence-electron chi connectivity index (χ2n) is 7.07. The highest BCUT2D eigenvalue weighted by atomic mass is 19.4. The molecular formula is C21H23F3N4O4. The third-order valence-corrected chi connectivity index (χ3v) is 4.65. The third kappa shape index (κ3) is 5.80. The zero-order chi connectivity index (χ0) is 24.2. The van der Waals surface area contributed by atoms with E-state index in [4.69, 9.17) is 14.4 Å². The van der Waals surface area contributed by atoms with Crippen molar-refractivity contribution in [2.45, 2.75) is 47.3 Å². The van der Waals surface area contributed by atoms with Gasteiger partial charge in [-0.3, -0.25) is 9.78 Å². The normalized spacial score (nSPS) is 11.1. The van der Waals surface area contributed by atoms with E-state index >= 15 is 0 Å². The summed E-state index contributed by atoms with van der Waals surface area (Å²) < 4.78 is 36.8. The van der Waals surface area contributed by atoms with Crippen LogP contribution in [0.3, 0.4) is 0 Å². The van der Waals surface area contributed by atoms with Gasteiger partial charge in [-0.1, -0.05) is 16.8 Å². The lowest BCUT2D eigenvalue weighted by Crippen LogP contribution is -2.31. The van der Waals surface area contributed by atoms with Gasteiger partial charge < -0.3 is 14.5 Å². The number of nitrogens with zero attached hydrogens (tertiary/aromatic N) is 4. The number of carbonyl (C=O) groups excluding carboxylic acids is 1. The van der Waals surface area contributed by atoms with E-state index < -0.39 is 12.1 Å². The number of carboxylic acid groups (broad SMARTS) is 1. The highest BCUT2D eigenvalue weighted by Crippen LogP contribution is 2.26. The molecule has 0 aliphatic carbocycles. The average molecular weight is 452 g/mol. The second kappa shape index (κ2) is 9.75. The lowest BCUT2D eigenvalue weighted by molar-refractivity contribution is -0.192. The molecule has 8 nitrogen and oxygen atoms in total. The molecule has 0 saturated carbocycles. The SMILES string of the molecule is CCN(Cc1noc(C)n1)C(=O)c1c(C)c(C)nc2ccc(C)cc12.O=C(O)C(F)(F)F. The predicted octanol–water partition coefficient (Wildman–Crippen LogP) is 4.15. The number of pyridine rings is 1. The van der Waals surface area contributed by atoms with Crippen molar-refractivity contribution < 1.29 is 32.4 Å². The van der Waals surface area contributed by atoms with E-state index in [1.165, 1.54) is 0 Å². The molecule has 0 fully saturated rings. The molecular weight excluding hydrogens is 429 g/mol. The summed E-state index contributed by atoms with van der Waals surface area (Å²) in [6.45, 7) is 10.5. The maximum absolute atomic E-state index is 13.3. The van der Waals surface area contributed by atoms with Crippen LogP contribution in [0.25, 0.3) is 10.9 Å². The number of benzene rings is 1. The summed E-state index contributed by atoms with van der Waals surface area (Å²) in [5.74, 6) is -1.79. The maximum atomic E-state index is 13.3. The third-order valence-electron chi connectivity index (χ3n) is 4.65. The first kappa shape index (κ1) is 24.8. The number of carboxylic acids is 1. The Hall–Kier alpha value is -3.50. The van der Waals surface area contributed by atoms with Crippen molar-refractivity contribution in [3.05, 3.63) is 52.3 Å². The minimum atomic E-state index is -5.08.